The van der Waals surface area contributed by atoms with Crippen LogP contribution in [0.4, 0.5) is 0 Å². The first-order valence-electron chi connectivity index (χ1n) is 11.2. The maximum absolute atomic E-state index is 9.18. The van der Waals surface area contributed by atoms with E-state index < -0.39 is 7.26 Å². The van der Waals surface area contributed by atoms with Gasteiger partial charge in [-0.3, -0.25) is 0 Å². The summed E-state index contributed by atoms with van der Waals surface area (Å²) in [5, 5.41) is 12.1. The second-order valence-electron chi connectivity index (χ2n) is 10.5. The molecule has 0 heterocycles. The second-order valence-corrected chi connectivity index (χ2v) is 14.7. The summed E-state index contributed by atoms with van der Waals surface area (Å²) in [7, 11) is -2.01. The van der Waals surface area contributed by atoms with Crippen LogP contribution in [0.5, 0.6) is 0 Å². The van der Waals surface area contributed by atoms with Crippen LogP contribution in [0, 0.1) is 11.3 Å². The molecule has 0 radical (unpaired) electrons. The summed E-state index contributed by atoms with van der Waals surface area (Å²) < 4.78 is 0. The van der Waals surface area contributed by atoms with Gasteiger partial charge in [0.15, 0.2) is 0 Å². The number of allylic oxidation sites excluding steroid dienone is 2. The molecule has 2 aromatic carbocycles. The van der Waals surface area contributed by atoms with E-state index in [2.05, 4.69) is 115 Å². The molecule has 2 aromatic rings. The van der Waals surface area contributed by atoms with Crippen molar-refractivity contribution in [3.63, 3.8) is 0 Å². The molecule has 2 rings (SSSR count). The van der Waals surface area contributed by atoms with E-state index in [1.54, 1.807) is 0 Å². The Morgan fingerprint density at radius 1 is 0.800 bits per heavy atom. The summed E-state index contributed by atoms with van der Waals surface area (Å²) in [6, 6.07) is 21.1. The molecule has 0 spiro atoms. The zero-order valence-electron chi connectivity index (χ0n) is 20.0. The minimum absolute atomic E-state index is 0.154. The summed E-state index contributed by atoms with van der Waals surface area (Å²) in [5.74, 6) is 0. The molecular weight excluding hydrogens is 381 g/mol. The van der Waals surface area contributed by atoms with Crippen LogP contribution >= 0.6 is 7.26 Å². The van der Waals surface area contributed by atoms with Gasteiger partial charge >= 0.3 is 185 Å². The van der Waals surface area contributed by atoms with Crippen LogP contribution in [0.2, 0.25) is 0 Å². The Hall–Kier alpha value is -1.90. The predicted octanol–water partition coefficient (Wildman–Crippen LogP) is 6.86. The molecular formula is C28H40NP. The third-order valence-corrected chi connectivity index (χ3v) is 11.2. The van der Waals surface area contributed by atoms with Crippen LogP contribution in [0.25, 0.3) is 0 Å². The fraction of sp³-hybridized carbons (Fsp3) is 0.464. The van der Waals surface area contributed by atoms with Crippen LogP contribution < -0.4 is 10.6 Å². The number of nitrogens with zero attached hydrogens (tertiary/aromatic N) is 1. The normalized spacial score (nSPS) is 13.4. The molecule has 0 saturated carbocycles. The molecule has 0 aliphatic heterocycles. The molecule has 0 N–H and O–H groups in total. The SMILES string of the molecule is C/C=C/C[PH](CCCC#N)(c1ccc(C(C)(C)C)cc1)c1ccc(C(C)(C)C)cc1. The molecule has 0 saturated heterocycles. The Labute approximate surface area is 185 Å². The topological polar surface area (TPSA) is 23.8 Å². The van der Waals surface area contributed by atoms with Crippen molar-refractivity contribution in [1.82, 2.24) is 0 Å². The predicted molar refractivity (Wildman–Crippen MR) is 137 cm³/mol. The molecule has 162 valence electrons. The molecule has 0 bridgehead atoms. The Bertz CT molecular complexity index is 811. The Morgan fingerprint density at radius 2 is 1.23 bits per heavy atom. The molecule has 0 atom stereocenters. The van der Waals surface area contributed by atoms with E-state index in [-0.39, 0.29) is 10.8 Å². The summed E-state index contributed by atoms with van der Waals surface area (Å²) in [6.45, 7) is 15.7. The van der Waals surface area contributed by atoms with E-state index in [1.165, 1.54) is 21.7 Å². The molecule has 0 fully saturated rings. The van der Waals surface area contributed by atoms with Crippen molar-refractivity contribution in [2.24, 2.45) is 0 Å². The molecule has 2 heteroatoms. The van der Waals surface area contributed by atoms with Gasteiger partial charge in [-0.05, 0) is 0 Å². The first kappa shape index (κ1) is 24.4. The third-order valence-electron chi connectivity index (χ3n) is 6.20. The van der Waals surface area contributed by atoms with Gasteiger partial charge in [0, 0.05) is 0 Å². The second kappa shape index (κ2) is 9.94. The Kier molecular flexibility index (Phi) is 8.07. The molecule has 0 unspecified atom stereocenters. The van der Waals surface area contributed by atoms with E-state index in [9.17, 15) is 5.26 Å². The summed E-state index contributed by atoms with van der Waals surface area (Å²) in [4.78, 5) is 0. The van der Waals surface area contributed by atoms with Crippen molar-refractivity contribution in [3.8, 4) is 6.07 Å². The summed E-state index contributed by atoms with van der Waals surface area (Å²) in [6.07, 6.45) is 8.30. The third kappa shape index (κ3) is 5.83. The average Bonchev–Trinajstić information content (AvgIpc) is 2.70. The number of hydrogen-bond acceptors (Lipinski definition) is 1. The number of benzene rings is 2. The maximum atomic E-state index is 9.18. The van der Waals surface area contributed by atoms with Gasteiger partial charge in [-0.25, -0.2) is 0 Å². The fourth-order valence-corrected chi connectivity index (χ4v) is 8.77. The average molecular weight is 422 g/mol. The molecule has 0 aliphatic carbocycles. The van der Waals surface area contributed by atoms with Crippen molar-refractivity contribution in [2.45, 2.75) is 72.1 Å². The van der Waals surface area contributed by atoms with E-state index in [0.29, 0.717) is 6.42 Å². The quantitative estimate of drug-likeness (QED) is 0.272. The number of unbranched alkanes of at least 4 members (excludes halogenated alkanes) is 1. The summed E-state index contributed by atoms with van der Waals surface area (Å²) >= 11 is 0. The minimum atomic E-state index is -2.01. The van der Waals surface area contributed by atoms with Gasteiger partial charge in [0.2, 0.25) is 0 Å². The zero-order valence-corrected chi connectivity index (χ0v) is 21.0. The standard InChI is InChI=1S/C28H40NP/c1-8-9-21-30(22-11-10-20-29,25-16-12-23(13-17-25)27(2,3)4)26-18-14-24(15-19-26)28(5,6)7/h8-9,12-19,30H,10-11,21-22H2,1-7H3/b9-8+. The molecule has 30 heavy (non-hydrogen) atoms. The van der Waals surface area contributed by atoms with Crippen molar-refractivity contribution < 1.29 is 0 Å². The van der Waals surface area contributed by atoms with Crippen LogP contribution in [0.15, 0.2) is 60.7 Å². The molecule has 0 aliphatic rings. The van der Waals surface area contributed by atoms with Gasteiger partial charge in [-0.1, -0.05) is 0 Å². The van der Waals surface area contributed by atoms with Crippen molar-refractivity contribution >= 4 is 17.9 Å². The first-order valence-corrected chi connectivity index (χ1v) is 13.7. The number of rotatable bonds is 7. The van der Waals surface area contributed by atoms with Crippen LogP contribution in [0.1, 0.15) is 72.4 Å². The zero-order chi connectivity index (χ0) is 22.4. The van der Waals surface area contributed by atoms with Crippen molar-refractivity contribution in [3.05, 3.63) is 71.8 Å². The van der Waals surface area contributed by atoms with Gasteiger partial charge in [0.05, 0.1) is 0 Å². The number of hydrogen-bond donors (Lipinski definition) is 0. The molecule has 0 aromatic heterocycles. The van der Waals surface area contributed by atoms with E-state index in [0.717, 1.165) is 18.7 Å². The Balaban J connectivity index is 2.61. The monoisotopic (exact) mass is 421 g/mol. The van der Waals surface area contributed by atoms with Gasteiger partial charge in [-0.15, -0.1) is 0 Å². The summed E-state index contributed by atoms with van der Waals surface area (Å²) in [5.41, 5.74) is 3.06. The van der Waals surface area contributed by atoms with E-state index in [1.807, 2.05) is 0 Å². The van der Waals surface area contributed by atoms with E-state index >= 15 is 0 Å². The van der Waals surface area contributed by atoms with Gasteiger partial charge in [-0.2, -0.15) is 0 Å². The van der Waals surface area contributed by atoms with Gasteiger partial charge < -0.3 is 0 Å². The van der Waals surface area contributed by atoms with Crippen LogP contribution in [-0.2, 0) is 10.8 Å². The fourth-order valence-electron chi connectivity index (χ4n) is 4.16. The van der Waals surface area contributed by atoms with Gasteiger partial charge in [0.1, 0.15) is 0 Å². The van der Waals surface area contributed by atoms with Gasteiger partial charge in [0.25, 0.3) is 0 Å². The van der Waals surface area contributed by atoms with Crippen LogP contribution in [-0.4, -0.2) is 12.3 Å². The molecule has 0 amide bonds. The Morgan fingerprint density at radius 3 is 1.57 bits per heavy atom. The van der Waals surface area contributed by atoms with E-state index in [4.69, 9.17) is 0 Å². The van der Waals surface area contributed by atoms with Crippen molar-refractivity contribution in [1.29, 1.82) is 5.26 Å². The molecule has 1 nitrogen and oxygen atoms in total. The van der Waals surface area contributed by atoms with Crippen LogP contribution in [0.3, 0.4) is 0 Å². The van der Waals surface area contributed by atoms with Crippen molar-refractivity contribution in [2.75, 3.05) is 12.3 Å². The first-order chi connectivity index (χ1) is 14.0. The number of nitriles is 1.